The Hall–Kier alpha value is -3.61. The Kier molecular flexibility index (Phi) is 5.51. The van der Waals surface area contributed by atoms with Crippen LogP contribution in [0, 0.1) is 0 Å². The largest absolute Gasteiger partial charge is 0.486 e. The van der Waals surface area contributed by atoms with Crippen LogP contribution in [0.4, 0.5) is 5.69 Å². The van der Waals surface area contributed by atoms with Crippen LogP contribution in [0.5, 0.6) is 5.75 Å². The molecule has 0 saturated carbocycles. The molecule has 1 aromatic heterocycles. The SMILES string of the molecule is COC(=O)c1ccc(NC(=O)c2ccc(OCc3nccn3C)cc2)cc1. The highest BCUT2D eigenvalue weighted by molar-refractivity contribution is 6.04. The van der Waals surface area contributed by atoms with E-state index in [4.69, 9.17) is 4.74 Å². The fraction of sp³-hybridized carbons (Fsp3) is 0.150. The zero-order valence-corrected chi connectivity index (χ0v) is 15.0. The van der Waals surface area contributed by atoms with Gasteiger partial charge in [-0.05, 0) is 48.5 Å². The molecule has 7 nitrogen and oxygen atoms in total. The molecule has 0 bridgehead atoms. The molecule has 0 spiro atoms. The summed E-state index contributed by atoms with van der Waals surface area (Å²) in [6.45, 7) is 0.349. The summed E-state index contributed by atoms with van der Waals surface area (Å²) in [5, 5.41) is 2.78. The predicted molar refractivity (Wildman–Crippen MR) is 99.7 cm³/mol. The zero-order chi connectivity index (χ0) is 19.2. The number of anilines is 1. The van der Waals surface area contributed by atoms with Crippen LogP contribution in [0.3, 0.4) is 0 Å². The lowest BCUT2D eigenvalue weighted by Gasteiger charge is -2.08. The maximum absolute atomic E-state index is 12.3. The molecule has 1 heterocycles. The molecule has 0 radical (unpaired) electrons. The number of imidazole rings is 1. The molecule has 1 N–H and O–H groups in total. The van der Waals surface area contributed by atoms with Gasteiger partial charge < -0.3 is 19.4 Å². The third-order valence-electron chi connectivity index (χ3n) is 3.97. The Morgan fingerprint density at radius 2 is 1.70 bits per heavy atom. The number of aromatic nitrogens is 2. The number of carbonyl (C=O) groups excluding carboxylic acids is 2. The highest BCUT2D eigenvalue weighted by atomic mass is 16.5. The standard InChI is InChI=1S/C20H19N3O4/c1-23-12-11-21-18(23)13-27-17-9-5-14(6-10-17)19(24)22-16-7-3-15(4-8-16)20(25)26-2/h3-12H,13H2,1-2H3,(H,22,24). The number of aryl methyl sites for hydroxylation is 1. The van der Waals surface area contributed by atoms with Crippen molar-refractivity contribution in [2.45, 2.75) is 6.61 Å². The lowest BCUT2D eigenvalue weighted by Crippen LogP contribution is -2.12. The van der Waals surface area contributed by atoms with Gasteiger partial charge >= 0.3 is 5.97 Å². The van der Waals surface area contributed by atoms with E-state index in [1.165, 1.54) is 7.11 Å². The van der Waals surface area contributed by atoms with Crippen molar-refractivity contribution in [1.29, 1.82) is 0 Å². The maximum atomic E-state index is 12.3. The molecule has 0 aliphatic heterocycles. The van der Waals surface area contributed by atoms with Crippen molar-refractivity contribution in [3.63, 3.8) is 0 Å². The van der Waals surface area contributed by atoms with Gasteiger partial charge in [-0.3, -0.25) is 4.79 Å². The van der Waals surface area contributed by atoms with E-state index in [0.717, 1.165) is 5.82 Å². The molecule has 7 heteroatoms. The number of carbonyl (C=O) groups is 2. The highest BCUT2D eigenvalue weighted by Crippen LogP contribution is 2.16. The average molecular weight is 365 g/mol. The summed E-state index contributed by atoms with van der Waals surface area (Å²) in [5.74, 6) is 0.787. The first-order valence-electron chi connectivity index (χ1n) is 8.25. The van der Waals surface area contributed by atoms with Gasteiger partial charge in [0.25, 0.3) is 5.91 Å². The molecule has 3 aromatic rings. The fourth-order valence-electron chi connectivity index (χ4n) is 2.40. The van der Waals surface area contributed by atoms with Crippen LogP contribution >= 0.6 is 0 Å². The molecule has 0 fully saturated rings. The monoisotopic (exact) mass is 365 g/mol. The molecule has 0 aliphatic rings. The predicted octanol–water partition coefficient (Wildman–Crippen LogP) is 3.04. The molecule has 138 valence electrons. The maximum Gasteiger partial charge on any atom is 0.337 e. The second-order valence-corrected chi connectivity index (χ2v) is 5.79. The van der Waals surface area contributed by atoms with Gasteiger partial charge in [-0.15, -0.1) is 0 Å². The van der Waals surface area contributed by atoms with Crippen molar-refractivity contribution in [2.75, 3.05) is 12.4 Å². The van der Waals surface area contributed by atoms with Crippen LogP contribution in [0.1, 0.15) is 26.5 Å². The number of esters is 1. The van der Waals surface area contributed by atoms with Crippen molar-refractivity contribution in [1.82, 2.24) is 9.55 Å². The van der Waals surface area contributed by atoms with Crippen molar-refractivity contribution in [2.24, 2.45) is 7.05 Å². The van der Waals surface area contributed by atoms with Crippen LogP contribution in [0.25, 0.3) is 0 Å². The van der Waals surface area contributed by atoms with Gasteiger partial charge in [-0.2, -0.15) is 0 Å². The summed E-state index contributed by atoms with van der Waals surface area (Å²) in [7, 11) is 3.22. The molecule has 0 saturated heterocycles. The lowest BCUT2D eigenvalue weighted by molar-refractivity contribution is 0.0600. The van der Waals surface area contributed by atoms with E-state index in [1.54, 1.807) is 54.7 Å². The van der Waals surface area contributed by atoms with E-state index >= 15 is 0 Å². The first-order chi connectivity index (χ1) is 13.1. The number of benzene rings is 2. The van der Waals surface area contributed by atoms with Crippen molar-refractivity contribution >= 4 is 17.6 Å². The lowest BCUT2D eigenvalue weighted by atomic mass is 10.1. The van der Waals surface area contributed by atoms with Crippen molar-refractivity contribution in [3.8, 4) is 5.75 Å². The summed E-state index contributed by atoms with van der Waals surface area (Å²) in [6, 6.07) is 13.3. The van der Waals surface area contributed by atoms with Gasteiger partial charge in [-0.1, -0.05) is 0 Å². The third-order valence-corrected chi connectivity index (χ3v) is 3.97. The molecule has 0 unspecified atom stereocenters. The van der Waals surface area contributed by atoms with Gasteiger partial charge in [0.2, 0.25) is 0 Å². The summed E-state index contributed by atoms with van der Waals surface area (Å²) in [5.41, 5.74) is 1.50. The second kappa shape index (κ2) is 8.18. The van der Waals surface area contributed by atoms with Gasteiger partial charge in [0.15, 0.2) is 0 Å². The van der Waals surface area contributed by atoms with E-state index in [9.17, 15) is 9.59 Å². The first-order valence-corrected chi connectivity index (χ1v) is 8.25. The van der Waals surface area contributed by atoms with Crippen LogP contribution < -0.4 is 10.1 Å². The quantitative estimate of drug-likeness (QED) is 0.679. The van der Waals surface area contributed by atoms with Crippen molar-refractivity contribution < 1.29 is 19.1 Å². The van der Waals surface area contributed by atoms with Crippen LogP contribution in [-0.4, -0.2) is 28.5 Å². The third kappa shape index (κ3) is 4.52. The summed E-state index contributed by atoms with van der Waals surface area (Å²) in [4.78, 5) is 27.9. The topological polar surface area (TPSA) is 82.4 Å². The Morgan fingerprint density at radius 1 is 1.04 bits per heavy atom. The van der Waals surface area contributed by atoms with E-state index < -0.39 is 5.97 Å². The van der Waals surface area contributed by atoms with Gasteiger partial charge in [0, 0.05) is 30.7 Å². The van der Waals surface area contributed by atoms with E-state index in [-0.39, 0.29) is 5.91 Å². The number of rotatable bonds is 6. The number of methoxy groups -OCH3 is 1. The highest BCUT2D eigenvalue weighted by Gasteiger charge is 2.09. The van der Waals surface area contributed by atoms with Crippen molar-refractivity contribution in [3.05, 3.63) is 77.9 Å². The van der Waals surface area contributed by atoms with Gasteiger partial charge in [0.1, 0.15) is 18.2 Å². The molecule has 0 aliphatic carbocycles. The molecule has 27 heavy (non-hydrogen) atoms. The van der Waals surface area contributed by atoms with Gasteiger partial charge in [0.05, 0.1) is 12.7 Å². The zero-order valence-electron chi connectivity index (χ0n) is 15.0. The number of hydrogen-bond acceptors (Lipinski definition) is 5. The molecular formula is C20H19N3O4. The summed E-state index contributed by atoms with van der Waals surface area (Å²) >= 11 is 0. The molecule has 1 amide bonds. The number of nitrogens with zero attached hydrogens (tertiary/aromatic N) is 2. The molecular weight excluding hydrogens is 346 g/mol. The number of nitrogens with one attached hydrogen (secondary N) is 1. The number of amides is 1. The normalized spacial score (nSPS) is 10.3. The minimum Gasteiger partial charge on any atom is -0.486 e. The molecule has 0 atom stereocenters. The fourth-order valence-corrected chi connectivity index (χ4v) is 2.40. The van der Waals surface area contributed by atoms with Crippen LogP contribution in [0.2, 0.25) is 0 Å². The van der Waals surface area contributed by atoms with E-state index in [0.29, 0.717) is 29.2 Å². The summed E-state index contributed by atoms with van der Waals surface area (Å²) < 4.78 is 12.2. The van der Waals surface area contributed by atoms with Gasteiger partial charge in [-0.25, -0.2) is 9.78 Å². The minimum atomic E-state index is -0.422. The Labute approximate surface area is 156 Å². The minimum absolute atomic E-state index is 0.253. The smallest absolute Gasteiger partial charge is 0.337 e. The Bertz CT molecular complexity index is 931. The number of ether oxygens (including phenoxy) is 2. The Balaban J connectivity index is 1.58. The first kappa shape index (κ1) is 18.2. The Morgan fingerprint density at radius 3 is 2.30 bits per heavy atom. The second-order valence-electron chi connectivity index (χ2n) is 5.79. The van der Waals surface area contributed by atoms with Crippen LogP contribution in [-0.2, 0) is 18.4 Å². The molecule has 3 rings (SSSR count). The summed E-state index contributed by atoms with van der Waals surface area (Å²) in [6.07, 6.45) is 3.56. The van der Waals surface area contributed by atoms with E-state index in [2.05, 4.69) is 15.0 Å². The van der Waals surface area contributed by atoms with E-state index in [1.807, 2.05) is 17.8 Å². The van der Waals surface area contributed by atoms with Crippen LogP contribution in [0.15, 0.2) is 60.9 Å². The average Bonchev–Trinajstić information content (AvgIpc) is 3.11. The number of hydrogen-bond donors (Lipinski definition) is 1. The molecule has 2 aromatic carbocycles.